The third-order valence-electron chi connectivity index (χ3n) is 6.51. The molecule has 2 saturated heterocycles. The summed E-state index contributed by atoms with van der Waals surface area (Å²) in [6.07, 6.45) is 6.59. The normalized spacial score (nSPS) is 45.2. The Hall–Kier alpha value is -1.66. The lowest BCUT2D eigenvalue weighted by atomic mass is 9.82. The fraction of sp³-hybridized carbons (Fsp3) is 0.727. The molecule has 1 aliphatic carbocycles. The van der Waals surface area contributed by atoms with Crippen LogP contribution in [0.15, 0.2) is 24.3 Å². The van der Waals surface area contributed by atoms with Crippen molar-refractivity contribution >= 4 is 11.9 Å². The molecule has 3 rings (SSSR count). The highest BCUT2D eigenvalue weighted by atomic mass is 16.6. The van der Waals surface area contributed by atoms with Crippen molar-refractivity contribution in [3.63, 3.8) is 0 Å². The molecular formula is C22H32O6. The molecular weight excluding hydrogens is 360 g/mol. The number of fused-ring (bicyclic) bond motifs is 4. The first-order valence-corrected chi connectivity index (χ1v) is 10.1. The van der Waals surface area contributed by atoms with E-state index in [1.165, 1.54) is 6.92 Å². The van der Waals surface area contributed by atoms with E-state index in [0.29, 0.717) is 44.1 Å². The zero-order chi connectivity index (χ0) is 20.7. The van der Waals surface area contributed by atoms with Crippen LogP contribution in [0.1, 0.15) is 66.2 Å². The molecule has 6 nitrogen and oxygen atoms in total. The lowest BCUT2D eigenvalue weighted by molar-refractivity contribution is -0.181. The largest absolute Gasteiger partial charge is 0.458 e. The first kappa shape index (κ1) is 21.1. The predicted octanol–water partition coefficient (Wildman–Crippen LogP) is 3.22. The molecule has 1 N–H and O–H groups in total. The summed E-state index contributed by atoms with van der Waals surface area (Å²) in [4.78, 5) is 24.4. The van der Waals surface area contributed by atoms with E-state index in [1.54, 1.807) is 13.0 Å². The van der Waals surface area contributed by atoms with Crippen molar-refractivity contribution in [3.05, 3.63) is 24.3 Å². The van der Waals surface area contributed by atoms with Gasteiger partial charge in [-0.05, 0) is 65.2 Å². The van der Waals surface area contributed by atoms with E-state index in [-0.39, 0.29) is 17.6 Å². The molecule has 0 aromatic rings. The number of rotatable bonds is 1. The Morgan fingerprint density at radius 1 is 1.25 bits per heavy atom. The number of carbonyl (C=O) groups excluding carboxylic acids is 2. The van der Waals surface area contributed by atoms with Crippen molar-refractivity contribution in [3.8, 4) is 0 Å². The van der Waals surface area contributed by atoms with E-state index < -0.39 is 29.2 Å². The molecule has 2 bridgehead atoms. The molecule has 0 aromatic carbocycles. The number of esters is 2. The summed E-state index contributed by atoms with van der Waals surface area (Å²) >= 11 is 0. The van der Waals surface area contributed by atoms with Crippen molar-refractivity contribution in [2.75, 3.05) is 0 Å². The van der Waals surface area contributed by atoms with Gasteiger partial charge in [0.2, 0.25) is 0 Å². The van der Waals surface area contributed by atoms with Gasteiger partial charge in [0.15, 0.2) is 0 Å². The molecule has 0 saturated carbocycles. The van der Waals surface area contributed by atoms with E-state index in [9.17, 15) is 14.7 Å². The molecule has 0 unspecified atom stereocenters. The molecule has 2 heterocycles. The lowest BCUT2D eigenvalue weighted by Gasteiger charge is -2.36. The van der Waals surface area contributed by atoms with Crippen LogP contribution in [0.4, 0.5) is 0 Å². The molecule has 6 heteroatoms. The average Bonchev–Trinajstić information content (AvgIpc) is 3.24. The van der Waals surface area contributed by atoms with Crippen molar-refractivity contribution in [2.45, 2.75) is 95.2 Å². The van der Waals surface area contributed by atoms with Crippen molar-refractivity contribution in [1.29, 1.82) is 0 Å². The molecule has 0 spiro atoms. The van der Waals surface area contributed by atoms with Gasteiger partial charge < -0.3 is 19.3 Å². The summed E-state index contributed by atoms with van der Waals surface area (Å²) in [5, 5.41) is 10.7. The molecule has 2 fully saturated rings. The lowest BCUT2D eigenvalue weighted by Crippen LogP contribution is -2.46. The van der Waals surface area contributed by atoms with Gasteiger partial charge in [-0.25, -0.2) is 4.79 Å². The minimum atomic E-state index is -1.06. The van der Waals surface area contributed by atoms with Gasteiger partial charge in [0, 0.05) is 12.5 Å². The molecule has 0 aromatic heterocycles. The Balaban J connectivity index is 1.93. The Morgan fingerprint density at radius 2 is 1.96 bits per heavy atom. The van der Waals surface area contributed by atoms with E-state index in [1.807, 2.05) is 13.0 Å². The van der Waals surface area contributed by atoms with Crippen molar-refractivity contribution < 1.29 is 28.9 Å². The summed E-state index contributed by atoms with van der Waals surface area (Å²) in [6, 6.07) is 0. The number of hydrogen-bond donors (Lipinski definition) is 1. The molecule has 156 valence electrons. The minimum Gasteiger partial charge on any atom is -0.458 e. The van der Waals surface area contributed by atoms with E-state index >= 15 is 0 Å². The van der Waals surface area contributed by atoms with Gasteiger partial charge in [0.1, 0.15) is 11.7 Å². The smallest absolute Gasteiger partial charge is 0.334 e. The third-order valence-corrected chi connectivity index (χ3v) is 6.51. The Bertz CT molecular complexity index is 695. The fourth-order valence-electron chi connectivity index (χ4n) is 4.39. The third kappa shape index (κ3) is 4.49. The number of carbonyl (C=O) groups is 2. The Morgan fingerprint density at radius 3 is 2.64 bits per heavy atom. The number of aliphatic hydroxyl groups is 1. The zero-order valence-electron chi connectivity index (χ0n) is 17.3. The van der Waals surface area contributed by atoms with Gasteiger partial charge in [-0.15, -0.1) is 0 Å². The quantitative estimate of drug-likeness (QED) is 0.319. The summed E-state index contributed by atoms with van der Waals surface area (Å²) in [5.41, 5.74) is -1.82. The number of ether oxygens (including phenoxy) is 3. The average molecular weight is 392 g/mol. The van der Waals surface area contributed by atoms with Gasteiger partial charge in [0.25, 0.3) is 0 Å². The second kappa shape index (κ2) is 7.30. The first-order valence-electron chi connectivity index (χ1n) is 10.1. The summed E-state index contributed by atoms with van der Waals surface area (Å²) in [7, 11) is 0. The molecule has 0 amide bonds. The van der Waals surface area contributed by atoms with Crippen LogP contribution < -0.4 is 0 Å². The van der Waals surface area contributed by atoms with Crippen LogP contribution in [0.5, 0.6) is 0 Å². The van der Waals surface area contributed by atoms with Crippen LogP contribution in [0, 0.1) is 5.92 Å². The van der Waals surface area contributed by atoms with Gasteiger partial charge >= 0.3 is 11.9 Å². The van der Waals surface area contributed by atoms with Gasteiger partial charge in [-0.3, -0.25) is 4.79 Å². The van der Waals surface area contributed by atoms with Crippen LogP contribution in [0.3, 0.4) is 0 Å². The molecule has 28 heavy (non-hydrogen) atoms. The van der Waals surface area contributed by atoms with E-state index in [4.69, 9.17) is 14.2 Å². The van der Waals surface area contributed by atoms with Crippen LogP contribution in [-0.2, 0) is 23.8 Å². The highest BCUT2D eigenvalue weighted by Gasteiger charge is 2.53. The van der Waals surface area contributed by atoms with Gasteiger partial charge in [0.05, 0.1) is 17.3 Å². The SMILES string of the molecule is C=C1C(=O)O[C@]2(C)CC[C@@H]1C[C@H]1O[C@@]1(C)C/C=C/[C@](C)(O)CC[C@@H]2OC(C)=O. The Labute approximate surface area is 166 Å². The van der Waals surface area contributed by atoms with Crippen LogP contribution >= 0.6 is 0 Å². The van der Waals surface area contributed by atoms with Crippen LogP contribution in [0.2, 0.25) is 0 Å². The highest BCUT2D eigenvalue weighted by molar-refractivity contribution is 5.89. The van der Waals surface area contributed by atoms with Gasteiger partial charge in [-0.2, -0.15) is 0 Å². The molecule has 2 aliphatic heterocycles. The first-order chi connectivity index (χ1) is 12.9. The highest BCUT2D eigenvalue weighted by Crippen LogP contribution is 2.47. The van der Waals surface area contributed by atoms with Gasteiger partial charge in [-0.1, -0.05) is 18.7 Å². The molecule has 3 aliphatic rings. The van der Waals surface area contributed by atoms with Crippen molar-refractivity contribution in [2.24, 2.45) is 5.92 Å². The van der Waals surface area contributed by atoms with Crippen molar-refractivity contribution in [1.82, 2.24) is 0 Å². The fourth-order valence-corrected chi connectivity index (χ4v) is 4.39. The maximum absolute atomic E-state index is 12.7. The van der Waals surface area contributed by atoms with E-state index in [2.05, 4.69) is 13.5 Å². The monoisotopic (exact) mass is 392 g/mol. The second-order valence-electron chi connectivity index (χ2n) is 9.22. The maximum atomic E-state index is 12.7. The number of epoxide rings is 1. The topological polar surface area (TPSA) is 85.4 Å². The summed E-state index contributed by atoms with van der Waals surface area (Å²) in [5.74, 6) is -0.890. The second-order valence-corrected chi connectivity index (χ2v) is 9.22. The summed E-state index contributed by atoms with van der Waals surface area (Å²) < 4.78 is 17.3. The standard InChI is InChI=1S/C22H32O6/c1-14-16-7-12-22(5,28-19(14)24)17(26-15(2)23)8-11-20(3,25)9-6-10-21(4)18(13-16)27-21/h6,9,16-18,25H,1,7-8,10-13H2,2-5H3/b9-6+/t16-,17+,18-,20+,21+,22-/m1/s1. The zero-order valence-corrected chi connectivity index (χ0v) is 17.3. The van der Waals surface area contributed by atoms with Crippen LogP contribution in [-0.4, -0.2) is 46.1 Å². The molecule has 6 atom stereocenters. The van der Waals surface area contributed by atoms with E-state index in [0.717, 1.165) is 0 Å². The number of hydrogen-bond acceptors (Lipinski definition) is 6. The van der Waals surface area contributed by atoms with Crippen LogP contribution in [0.25, 0.3) is 0 Å². The Kier molecular flexibility index (Phi) is 5.49. The molecule has 0 radical (unpaired) electrons. The predicted molar refractivity (Wildman–Crippen MR) is 103 cm³/mol. The summed E-state index contributed by atoms with van der Waals surface area (Å²) in [6.45, 7) is 10.9. The minimum absolute atomic E-state index is 0.0193. The maximum Gasteiger partial charge on any atom is 0.334 e.